The zero-order chi connectivity index (χ0) is 25.1. The minimum absolute atomic E-state index is 0.460. The first-order chi connectivity index (χ1) is 16.5. The molecule has 0 N–H and O–H groups in total. The van der Waals surface area contributed by atoms with E-state index in [4.69, 9.17) is 9.90 Å². The third-order valence-electron chi connectivity index (χ3n) is 5.89. The molecule has 31 heavy (non-hydrogen) atoms. The minimum Gasteiger partial charge on any atom is -0.437 e. The van der Waals surface area contributed by atoms with Gasteiger partial charge in [-0.25, -0.2) is 9.55 Å². The van der Waals surface area contributed by atoms with Gasteiger partial charge in [-0.2, -0.15) is 0 Å². The van der Waals surface area contributed by atoms with E-state index in [0.29, 0.717) is 11.3 Å². The predicted molar refractivity (Wildman–Crippen MR) is 127 cm³/mol. The number of nitrogens with zero attached hydrogens (tertiary/aromatic N) is 2. The molecule has 0 bridgehead atoms. The summed E-state index contributed by atoms with van der Waals surface area (Å²) in [6.07, 6.45) is 1.99. The highest BCUT2D eigenvalue weighted by Gasteiger charge is 2.22. The van der Waals surface area contributed by atoms with Crippen LogP contribution in [0.3, 0.4) is 0 Å². The fourth-order valence-electron chi connectivity index (χ4n) is 4.16. The zero-order valence-electron chi connectivity index (χ0n) is 22.2. The summed E-state index contributed by atoms with van der Waals surface area (Å²) in [5.74, 6) is -1.70. The molecule has 154 valence electrons. The van der Waals surface area contributed by atoms with Gasteiger partial charge in [-0.05, 0) is 54.1 Å². The molecule has 0 saturated heterocycles. The standard InChI is InChI=1S/C28H27N2O/c1-17(2)20-7-6-8-21(15-20)22-13-14-30(5)25(16-22)26-18(3)9-11-23-24-12-10-19(4)29-28(24)31-27(23)26/h6-17H,1-5H3/q+1/i1D3,17D. The van der Waals surface area contributed by atoms with Crippen LogP contribution >= 0.6 is 0 Å². The van der Waals surface area contributed by atoms with Gasteiger partial charge >= 0.3 is 0 Å². The van der Waals surface area contributed by atoms with E-state index in [1.807, 2.05) is 50.5 Å². The van der Waals surface area contributed by atoms with Crippen LogP contribution in [0.1, 0.15) is 42.0 Å². The molecule has 3 heteroatoms. The second-order valence-corrected chi connectivity index (χ2v) is 8.16. The molecule has 5 rings (SSSR count). The van der Waals surface area contributed by atoms with Crippen molar-refractivity contribution >= 4 is 22.1 Å². The molecule has 0 radical (unpaired) electrons. The first-order valence-electron chi connectivity index (χ1n) is 12.4. The number of rotatable bonds is 3. The average Bonchev–Trinajstić information content (AvgIpc) is 3.16. The van der Waals surface area contributed by atoms with Gasteiger partial charge in [-0.15, -0.1) is 0 Å². The van der Waals surface area contributed by atoms with Crippen molar-refractivity contribution in [3.63, 3.8) is 0 Å². The molecule has 2 aromatic carbocycles. The summed E-state index contributed by atoms with van der Waals surface area (Å²) in [7, 11) is 1.99. The maximum absolute atomic E-state index is 8.49. The van der Waals surface area contributed by atoms with Gasteiger partial charge in [0, 0.05) is 34.1 Å². The summed E-state index contributed by atoms with van der Waals surface area (Å²) in [5, 5.41) is 2.00. The second-order valence-electron chi connectivity index (χ2n) is 8.16. The van der Waals surface area contributed by atoms with Crippen molar-refractivity contribution in [2.24, 2.45) is 7.05 Å². The SMILES string of the molecule is [2H]C([2H])([2H])C([2H])(C)c1cccc(-c2cc[n+](C)c(-c3c(C)ccc4c3oc3nc(C)ccc34)c2)c1. The molecule has 3 heterocycles. The van der Waals surface area contributed by atoms with Crippen LogP contribution in [0.5, 0.6) is 0 Å². The van der Waals surface area contributed by atoms with Crippen molar-refractivity contribution in [3.8, 4) is 22.4 Å². The molecule has 1 atom stereocenters. The third-order valence-corrected chi connectivity index (χ3v) is 5.89. The topological polar surface area (TPSA) is 29.9 Å². The first-order valence-corrected chi connectivity index (χ1v) is 10.4. The lowest BCUT2D eigenvalue weighted by molar-refractivity contribution is -0.660. The molecular weight excluding hydrogens is 380 g/mol. The van der Waals surface area contributed by atoms with E-state index in [1.54, 1.807) is 12.1 Å². The summed E-state index contributed by atoms with van der Waals surface area (Å²) in [6.45, 7) is 3.03. The Kier molecular flexibility index (Phi) is 3.64. The summed E-state index contributed by atoms with van der Waals surface area (Å²) < 4.78 is 40.3. The van der Waals surface area contributed by atoms with Gasteiger partial charge < -0.3 is 4.42 Å². The van der Waals surface area contributed by atoms with Crippen molar-refractivity contribution in [1.29, 1.82) is 0 Å². The maximum Gasteiger partial charge on any atom is 0.227 e. The van der Waals surface area contributed by atoms with Crippen molar-refractivity contribution in [1.82, 2.24) is 4.98 Å². The molecule has 0 aliphatic rings. The number of hydrogen-bond acceptors (Lipinski definition) is 2. The molecule has 0 aliphatic heterocycles. The van der Waals surface area contributed by atoms with Crippen LogP contribution in [0.4, 0.5) is 0 Å². The van der Waals surface area contributed by atoms with Crippen LogP contribution in [-0.4, -0.2) is 4.98 Å². The molecule has 3 nitrogen and oxygen atoms in total. The van der Waals surface area contributed by atoms with Crippen LogP contribution in [0, 0.1) is 13.8 Å². The Bertz CT molecular complexity index is 1600. The molecule has 0 amide bonds. The smallest absolute Gasteiger partial charge is 0.227 e. The van der Waals surface area contributed by atoms with Gasteiger partial charge in [0.25, 0.3) is 0 Å². The quantitative estimate of drug-likeness (QED) is 0.303. The normalized spacial score (nSPS) is 15.9. The zero-order valence-corrected chi connectivity index (χ0v) is 18.2. The molecule has 3 aromatic heterocycles. The summed E-state index contributed by atoms with van der Waals surface area (Å²) >= 11 is 0. The highest BCUT2D eigenvalue weighted by molar-refractivity contribution is 6.08. The number of pyridine rings is 2. The predicted octanol–water partition coefficient (Wildman–Crippen LogP) is 6.88. The molecular formula is C28H27N2O+. The lowest BCUT2D eigenvalue weighted by Crippen LogP contribution is -2.30. The Balaban J connectivity index is 1.70. The molecule has 5 aromatic rings. The maximum atomic E-state index is 8.49. The second kappa shape index (κ2) is 7.35. The van der Waals surface area contributed by atoms with Gasteiger partial charge in [0.05, 0.1) is 5.56 Å². The number of furan rings is 1. The van der Waals surface area contributed by atoms with Gasteiger partial charge in [0.15, 0.2) is 11.8 Å². The van der Waals surface area contributed by atoms with Gasteiger partial charge in [-0.1, -0.05) is 50.2 Å². The molecule has 0 fully saturated rings. The average molecular weight is 412 g/mol. The lowest BCUT2D eigenvalue weighted by Gasteiger charge is -2.10. The first kappa shape index (κ1) is 15.4. The molecule has 0 saturated carbocycles. The van der Waals surface area contributed by atoms with E-state index in [9.17, 15) is 0 Å². The summed E-state index contributed by atoms with van der Waals surface area (Å²) in [6, 6.07) is 19.6. The Labute approximate surface area is 188 Å². The van der Waals surface area contributed by atoms with E-state index >= 15 is 0 Å². The van der Waals surface area contributed by atoms with Crippen LogP contribution in [-0.2, 0) is 7.05 Å². The number of fused-ring (bicyclic) bond motifs is 3. The van der Waals surface area contributed by atoms with Crippen molar-refractivity contribution in [2.45, 2.75) is 33.5 Å². The fraction of sp³-hybridized carbons (Fsp3) is 0.214. The van der Waals surface area contributed by atoms with E-state index in [1.165, 1.54) is 6.92 Å². The fourth-order valence-corrected chi connectivity index (χ4v) is 4.16. The van der Waals surface area contributed by atoms with E-state index in [0.717, 1.165) is 50.0 Å². The highest BCUT2D eigenvalue weighted by atomic mass is 16.3. The van der Waals surface area contributed by atoms with E-state index in [2.05, 4.69) is 34.7 Å². The third kappa shape index (κ3) is 3.31. The number of aryl methyl sites for hydroxylation is 3. The molecule has 0 aliphatic carbocycles. The molecule has 1 unspecified atom stereocenters. The van der Waals surface area contributed by atoms with Crippen LogP contribution in [0.2, 0.25) is 0 Å². The van der Waals surface area contributed by atoms with Crippen LogP contribution in [0.15, 0.2) is 71.3 Å². The van der Waals surface area contributed by atoms with Crippen molar-refractivity contribution in [2.75, 3.05) is 0 Å². The Morgan fingerprint density at radius 3 is 2.65 bits per heavy atom. The summed E-state index contributed by atoms with van der Waals surface area (Å²) in [4.78, 5) is 4.58. The lowest BCUT2D eigenvalue weighted by atomic mass is 9.95. The van der Waals surface area contributed by atoms with Gasteiger partial charge in [0.1, 0.15) is 7.05 Å². The Morgan fingerprint density at radius 2 is 1.81 bits per heavy atom. The highest BCUT2D eigenvalue weighted by Crippen LogP contribution is 2.37. The van der Waals surface area contributed by atoms with Crippen LogP contribution in [0.25, 0.3) is 44.5 Å². The van der Waals surface area contributed by atoms with E-state index in [-0.39, 0.29) is 0 Å². The van der Waals surface area contributed by atoms with Gasteiger partial charge in [-0.3, -0.25) is 0 Å². The Hall–Kier alpha value is -3.46. The largest absolute Gasteiger partial charge is 0.437 e. The van der Waals surface area contributed by atoms with Crippen molar-refractivity contribution in [3.05, 3.63) is 83.7 Å². The molecule has 0 spiro atoms. The number of aromatic nitrogens is 2. The van der Waals surface area contributed by atoms with E-state index < -0.39 is 12.7 Å². The summed E-state index contributed by atoms with van der Waals surface area (Å²) in [5.41, 5.74) is 7.61. The van der Waals surface area contributed by atoms with Crippen LogP contribution < -0.4 is 4.57 Å². The monoisotopic (exact) mass is 411 g/mol. The Morgan fingerprint density at radius 1 is 1.00 bits per heavy atom. The minimum atomic E-state index is -2.43. The van der Waals surface area contributed by atoms with Gasteiger partial charge in [0.2, 0.25) is 11.4 Å². The number of hydrogen-bond donors (Lipinski definition) is 0. The number of benzene rings is 2. The van der Waals surface area contributed by atoms with Crippen molar-refractivity contribution < 1.29 is 14.5 Å².